The van der Waals surface area contributed by atoms with Crippen molar-refractivity contribution in [3.8, 4) is 0 Å². The molecule has 15 heavy (non-hydrogen) atoms. The van der Waals surface area contributed by atoms with E-state index in [1.54, 1.807) is 11.0 Å². The van der Waals surface area contributed by atoms with E-state index in [0.717, 1.165) is 0 Å². The number of nitrogens with two attached hydrogens (primary N) is 2. The van der Waals surface area contributed by atoms with Gasteiger partial charge in [-0.05, 0) is 6.20 Å². The molecular weight excluding hydrogens is 196 g/mol. The first-order valence-corrected chi connectivity index (χ1v) is 4.87. The van der Waals surface area contributed by atoms with Crippen LogP contribution in [0.25, 0.3) is 0 Å². The molecule has 4 N–H and O–H groups in total. The minimum atomic E-state index is -0.440. The van der Waals surface area contributed by atoms with E-state index in [2.05, 4.69) is 0 Å². The molecule has 1 fully saturated rings. The third-order valence-electron chi connectivity index (χ3n) is 3.00. The van der Waals surface area contributed by atoms with E-state index >= 15 is 0 Å². The number of fused-ring (bicyclic) bond motifs is 1. The minimum Gasteiger partial charge on any atom is -0.370 e. The zero-order valence-corrected chi connectivity index (χ0v) is 8.30. The number of carbonyl (C=O) groups excluding carboxylic acids is 2. The first-order chi connectivity index (χ1) is 7.09. The normalized spacial score (nSPS) is 29.1. The van der Waals surface area contributed by atoms with E-state index in [1.807, 2.05) is 11.1 Å². The highest BCUT2D eigenvalue weighted by molar-refractivity contribution is 5.80. The molecule has 0 aromatic carbocycles. The molecular formula is C9H14N4O2. The number of primary amides is 2. The first-order valence-electron chi connectivity index (χ1n) is 4.87. The van der Waals surface area contributed by atoms with Crippen molar-refractivity contribution in [1.29, 1.82) is 0 Å². The summed E-state index contributed by atoms with van der Waals surface area (Å²) in [4.78, 5) is 25.7. The van der Waals surface area contributed by atoms with Gasteiger partial charge >= 0.3 is 6.03 Å². The fourth-order valence-electron chi connectivity index (χ4n) is 2.15. The quantitative estimate of drug-likeness (QED) is 0.562. The Morgan fingerprint density at radius 3 is 2.60 bits per heavy atom. The molecule has 2 unspecified atom stereocenters. The van der Waals surface area contributed by atoms with Crippen LogP contribution in [0.15, 0.2) is 12.3 Å². The third-order valence-corrected chi connectivity index (χ3v) is 3.00. The number of amides is 3. The summed E-state index contributed by atoms with van der Waals surface area (Å²) >= 11 is 0. The van der Waals surface area contributed by atoms with Gasteiger partial charge in [-0.15, -0.1) is 0 Å². The number of carbonyl (C=O) groups is 2. The van der Waals surface area contributed by atoms with Gasteiger partial charge in [0.1, 0.15) is 0 Å². The summed E-state index contributed by atoms with van der Waals surface area (Å²) in [5.74, 6) is -0.669. The molecule has 2 rings (SSSR count). The zero-order valence-electron chi connectivity index (χ0n) is 8.30. The fraction of sp³-hybridized carbons (Fsp3) is 0.556. The second kappa shape index (κ2) is 3.45. The molecule has 0 aromatic heterocycles. The van der Waals surface area contributed by atoms with E-state index in [1.165, 1.54) is 0 Å². The van der Waals surface area contributed by atoms with Crippen molar-refractivity contribution in [2.45, 2.75) is 6.04 Å². The van der Waals surface area contributed by atoms with Gasteiger partial charge in [0.05, 0.1) is 12.0 Å². The maximum atomic E-state index is 11.1. The summed E-state index contributed by atoms with van der Waals surface area (Å²) < 4.78 is 0. The predicted octanol–water partition coefficient (Wildman–Crippen LogP) is -1.32. The number of hydrogen-bond donors (Lipinski definition) is 2. The number of rotatable bonds is 1. The van der Waals surface area contributed by atoms with Gasteiger partial charge in [-0.25, -0.2) is 4.79 Å². The van der Waals surface area contributed by atoms with Crippen LogP contribution in [0.3, 0.4) is 0 Å². The van der Waals surface area contributed by atoms with Gasteiger partial charge in [0, 0.05) is 19.6 Å². The molecule has 0 bridgehead atoms. The lowest BCUT2D eigenvalue weighted by Gasteiger charge is -2.38. The van der Waals surface area contributed by atoms with Crippen LogP contribution in [0.1, 0.15) is 0 Å². The predicted molar refractivity (Wildman–Crippen MR) is 53.5 cm³/mol. The fourth-order valence-corrected chi connectivity index (χ4v) is 2.15. The van der Waals surface area contributed by atoms with Gasteiger partial charge in [0.15, 0.2) is 0 Å². The smallest absolute Gasteiger partial charge is 0.314 e. The largest absolute Gasteiger partial charge is 0.370 e. The highest BCUT2D eigenvalue weighted by atomic mass is 16.2. The molecule has 0 aliphatic carbocycles. The molecule has 6 heteroatoms. The summed E-state index contributed by atoms with van der Waals surface area (Å²) in [5, 5.41) is 0. The molecule has 82 valence electrons. The van der Waals surface area contributed by atoms with Crippen LogP contribution in [0.5, 0.6) is 0 Å². The summed E-state index contributed by atoms with van der Waals surface area (Å²) in [6, 6.07) is -0.478. The molecule has 0 aromatic rings. The molecule has 2 atom stereocenters. The van der Waals surface area contributed by atoms with Gasteiger partial charge in [-0.2, -0.15) is 0 Å². The van der Waals surface area contributed by atoms with E-state index in [9.17, 15) is 9.59 Å². The summed E-state index contributed by atoms with van der Waals surface area (Å²) in [7, 11) is 0. The second-order valence-corrected chi connectivity index (χ2v) is 3.86. The Bertz CT molecular complexity index is 328. The Hall–Kier alpha value is -1.72. The van der Waals surface area contributed by atoms with Crippen molar-refractivity contribution >= 4 is 11.9 Å². The van der Waals surface area contributed by atoms with E-state index < -0.39 is 6.03 Å². The number of urea groups is 1. The van der Waals surface area contributed by atoms with Gasteiger partial charge in [0.2, 0.25) is 5.91 Å². The van der Waals surface area contributed by atoms with Gasteiger partial charge < -0.3 is 21.3 Å². The monoisotopic (exact) mass is 210 g/mol. The lowest BCUT2D eigenvalue weighted by molar-refractivity contribution is -0.121. The topological polar surface area (TPSA) is 92.7 Å². The van der Waals surface area contributed by atoms with Crippen LogP contribution in [0, 0.1) is 5.92 Å². The van der Waals surface area contributed by atoms with Crippen LogP contribution < -0.4 is 11.5 Å². The van der Waals surface area contributed by atoms with Crippen LogP contribution in [-0.2, 0) is 4.79 Å². The Kier molecular flexibility index (Phi) is 2.26. The summed E-state index contributed by atoms with van der Waals surface area (Å²) in [6.07, 6.45) is 3.66. The molecule has 6 nitrogen and oxygen atoms in total. The van der Waals surface area contributed by atoms with Gasteiger partial charge in [-0.3, -0.25) is 4.79 Å². The Morgan fingerprint density at radius 2 is 2.00 bits per heavy atom. The van der Waals surface area contributed by atoms with Gasteiger partial charge in [0.25, 0.3) is 0 Å². The Morgan fingerprint density at radius 1 is 1.27 bits per heavy atom. The van der Waals surface area contributed by atoms with Crippen molar-refractivity contribution in [1.82, 2.24) is 9.80 Å². The first kappa shape index (κ1) is 9.82. The molecule has 2 aliphatic heterocycles. The molecule has 2 heterocycles. The summed E-state index contributed by atoms with van der Waals surface area (Å²) in [6.45, 7) is 1.77. The zero-order chi connectivity index (χ0) is 11.0. The van der Waals surface area contributed by atoms with E-state index in [4.69, 9.17) is 11.5 Å². The van der Waals surface area contributed by atoms with Crippen molar-refractivity contribution in [3.63, 3.8) is 0 Å². The van der Waals surface area contributed by atoms with Crippen LogP contribution in [0.2, 0.25) is 0 Å². The number of piperazine rings is 1. The molecule has 3 amide bonds. The third kappa shape index (κ3) is 1.62. The molecule has 0 spiro atoms. The van der Waals surface area contributed by atoms with E-state index in [0.29, 0.717) is 19.6 Å². The average molecular weight is 210 g/mol. The lowest BCUT2D eigenvalue weighted by atomic mass is 9.99. The van der Waals surface area contributed by atoms with Crippen molar-refractivity contribution < 1.29 is 9.59 Å². The Balaban J connectivity index is 2.10. The Labute approximate surface area is 87.5 Å². The number of nitrogens with zero attached hydrogens (tertiary/aromatic N) is 2. The molecule has 2 aliphatic rings. The highest BCUT2D eigenvalue weighted by Gasteiger charge is 2.37. The minimum absolute atomic E-state index is 0.0382. The van der Waals surface area contributed by atoms with Crippen LogP contribution >= 0.6 is 0 Å². The van der Waals surface area contributed by atoms with Crippen molar-refractivity contribution in [3.05, 3.63) is 12.3 Å². The highest BCUT2D eigenvalue weighted by Crippen LogP contribution is 2.24. The molecule has 1 saturated heterocycles. The molecule has 0 saturated carbocycles. The van der Waals surface area contributed by atoms with Gasteiger partial charge in [-0.1, -0.05) is 6.08 Å². The lowest BCUT2D eigenvalue weighted by Crippen LogP contribution is -2.56. The van der Waals surface area contributed by atoms with E-state index in [-0.39, 0.29) is 17.9 Å². The molecule has 0 radical (unpaired) electrons. The standard InChI is InChI=1S/C9H14N4O2/c10-8(14)6-1-2-12-3-4-13(9(11)15)5-7(6)12/h1-2,6-7H,3-5H2,(H2,10,14)(H2,11,15). The van der Waals surface area contributed by atoms with Crippen molar-refractivity contribution in [2.75, 3.05) is 19.6 Å². The maximum absolute atomic E-state index is 11.1. The number of hydrogen-bond acceptors (Lipinski definition) is 3. The average Bonchev–Trinajstić information content (AvgIpc) is 2.59. The summed E-state index contributed by atoms with van der Waals surface area (Å²) in [5.41, 5.74) is 10.5. The van der Waals surface area contributed by atoms with Crippen LogP contribution in [-0.4, -0.2) is 47.4 Å². The van der Waals surface area contributed by atoms with Crippen LogP contribution in [0.4, 0.5) is 4.79 Å². The maximum Gasteiger partial charge on any atom is 0.314 e. The second-order valence-electron chi connectivity index (χ2n) is 3.86. The van der Waals surface area contributed by atoms with Crippen molar-refractivity contribution in [2.24, 2.45) is 17.4 Å². The SMILES string of the molecule is NC(=O)C1C=CN2CCN(C(N)=O)CC12.